The molecule has 24 heavy (non-hydrogen) atoms. The molecule has 0 radical (unpaired) electrons. The predicted molar refractivity (Wildman–Crippen MR) is 82.2 cm³/mol. The minimum atomic E-state index is -1.06. The van der Waals surface area contributed by atoms with Crippen molar-refractivity contribution in [2.45, 2.75) is 12.5 Å². The van der Waals surface area contributed by atoms with Gasteiger partial charge in [0.1, 0.15) is 0 Å². The third kappa shape index (κ3) is 3.19. The summed E-state index contributed by atoms with van der Waals surface area (Å²) in [5.41, 5.74) is 0.606. The van der Waals surface area contributed by atoms with Gasteiger partial charge in [-0.1, -0.05) is 12.1 Å². The highest BCUT2D eigenvalue weighted by Gasteiger charge is 2.32. The Morgan fingerprint density at radius 1 is 1.25 bits per heavy atom. The van der Waals surface area contributed by atoms with Gasteiger partial charge in [0.15, 0.2) is 5.58 Å². The van der Waals surface area contributed by atoms with E-state index in [0.717, 1.165) is 5.39 Å². The summed E-state index contributed by atoms with van der Waals surface area (Å²) in [4.78, 5) is 24.9. The Morgan fingerprint density at radius 3 is 2.79 bits per heavy atom. The summed E-state index contributed by atoms with van der Waals surface area (Å²) < 4.78 is 10.7. The van der Waals surface area contributed by atoms with E-state index in [-0.39, 0.29) is 26.2 Å². The number of rotatable bonds is 4. The van der Waals surface area contributed by atoms with Crippen LogP contribution >= 0.6 is 0 Å². The van der Waals surface area contributed by atoms with Crippen molar-refractivity contribution in [3.05, 3.63) is 24.3 Å². The lowest BCUT2D eigenvalue weighted by atomic mass is 10.1. The SMILES string of the molecule is O=C(O)N1CCN(C(=O)O)[C@H](CCOc2noc3ccccc23)C1. The first-order chi connectivity index (χ1) is 11.6. The van der Waals surface area contributed by atoms with Crippen molar-refractivity contribution >= 4 is 23.2 Å². The number of benzene rings is 1. The van der Waals surface area contributed by atoms with Gasteiger partial charge in [0, 0.05) is 26.1 Å². The summed E-state index contributed by atoms with van der Waals surface area (Å²) in [6, 6.07) is 6.80. The van der Waals surface area contributed by atoms with Crippen LogP contribution in [0.2, 0.25) is 0 Å². The molecule has 0 spiro atoms. The molecular weight excluding hydrogens is 318 g/mol. The number of ether oxygens (including phenoxy) is 1. The van der Waals surface area contributed by atoms with Crippen LogP contribution in [-0.2, 0) is 0 Å². The van der Waals surface area contributed by atoms with Gasteiger partial charge in [-0.25, -0.2) is 9.59 Å². The highest BCUT2D eigenvalue weighted by atomic mass is 16.5. The first kappa shape index (κ1) is 15.9. The molecule has 2 heterocycles. The Kier molecular flexibility index (Phi) is 4.41. The maximum absolute atomic E-state index is 11.3. The molecule has 0 saturated carbocycles. The van der Waals surface area contributed by atoms with Gasteiger partial charge in [-0.2, -0.15) is 0 Å². The van der Waals surface area contributed by atoms with Crippen molar-refractivity contribution in [1.29, 1.82) is 0 Å². The average molecular weight is 335 g/mol. The Hall–Kier alpha value is -2.97. The Bertz CT molecular complexity index is 746. The van der Waals surface area contributed by atoms with E-state index < -0.39 is 18.2 Å². The van der Waals surface area contributed by atoms with Crippen molar-refractivity contribution in [3.8, 4) is 5.88 Å². The number of aromatic nitrogens is 1. The van der Waals surface area contributed by atoms with Gasteiger partial charge in [0.05, 0.1) is 18.0 Å². The standard InChI is InChI=1S/C15H17N3O6/c19-14(20)17-6-7-18(15(21)22)10(9-17)5-8-23-13-11-3-1-2-4-12(11)24-16-13/h1-4,10H,5-9H2,(H,19,20)(H,21,22)/t10-/m1/s1. The molecule has 1 aromatic heterocycles. The molecule has 3 rings (SSSR count). The number of fused-ring (bicyclic) bond motifs is 1. The molecule has 2 N–H and O–H groups in total. The molecular formula is C15H17N3O6. The van der Waals surface area contributed by atoms with E-state index >= 15 is 0 Å². The van der Waals surface area contributed by atoms with Gasteiger partial charge in [-0.3, -0.25) is 0 Å². The first-order valence-corrected chi connectivity index (χ1v) is 7.51. The molecule has 2 aromatic rings. The van der Waals surface area contributed by atoms with E-state index in [4.69, 9.17) is 14.4 Å². The fraction of sp³-hybridized carbons (Fsp3) is 0.400. The van der Waals surface area contributed by atoms with E-state index in [1.165, 1.54) is 9.80 Å². The Balaban J connectivity index is 1.62. The molecule has 1 atom stereocenters. The van der Waals surface area contributed by atoms with Crippen LogP contribution in [0.4, 0.5) is 9.59 Å². The zero-order chi connectivity index (χ0) is 17.1. The molecule has 1 aliphatic heterocycles. The van der Waals surface area contributed by atoms with Crippen LogP contribution in [-0.4, -0.2) is 69.6 Å². The van der Waals surface area contributed by atoms with Gasteiger partial charge < -0.3 is 29.3 Å². The molecule has 2 amide bonds. The quantitative estimate of drug-likeness (QED) is 0.877. The third-order valence-electron chi connectivity index (χ3n) is 4.03. The minimum absolute atomic E-state index is 0.130. The molecule has 1 fully saturated rings. The third-order valence-corrected chi connectivity index (χ3v) is 4.03. The van der Waals surface area contributed by atoms with E-state index in [2.05, 4.69) is 5.16 Å². The fourth-order valence-electron chi connectivity index (χ4n) is 2.79. The molecule has 1 saturated heterocycles. The Morgan fingerprint density at radius 2 is 2.04 bits per heavy atom. The molecule has 1 aliphatic rings. The number of piperazine rings is 1. The number of hydrogen-bond donors (Lipinski definition) is 2. The molecule has 9 heteroatoms. The number of para-hydroxylation sites is 1. The van der Waals surface area contributed by atoms with Crippen molar-refractivity contribution in [1.82, 2.24) is 15.0 Å². The molecule has 1 aromatic carbocycles. The van der Waals surface area contributed by atoms with Gasteiger partial charge in [-0.15, -0.1) is 0 Å². The second-order valence-corrected chi connectivity index (χ2v) is 5.48. The second kappa shape index (κ2) is 6.65. The maximum Gasteiger partial charge on any atom is 0.407 e. The first-order valence-electron chi connectivity index (χ1n) is 7.51. The number of carboxylic acid groups (broad SMARTS) is 2. The van der Waals surface area contributed by atoms with E-state index in [1.807, 2.05) is 18.2 Å². The topological polar surface area (TPSA) is 116 Å². The summed E-state index contributed by atoms with van der Waals surface area (Å²) in [7, 11) is 0. The van der Waals surface area contributed by atoms with Crippen molar-refractivity contribution in [3.63, 3.8) is 0 Å². The Labute approximate surface area is 137 Å². The van der Waals surface area contributed by atoms with Crippen LogP contribution in [0.15, 0.2) is 28.8 Å². The summed E-state index contributed by atoms with van der Waals surface area (Å²) in [6.45, 7) is 0.662. The molecule has 128 valence electrons. The molecule has 0 unspecified atom stereocenters. The normalized spacial score (nSPS) is 17.9. The van der Waals surface area contributed by atoms with E-state index in [0.29, 0.717) is 17.9 Å². The van der Waals surface area contributed by atoms with Crippen molar-refractivity contribution < 1.29 is 29.1 Å². The summed E-state index contributed by atoms with van der Waals surface area (Å²) in [6.07, 6.45) is -1.75. The van der Waals surface area contributed by atoms with Gasteiger partial charge in [0.2, 0.25) is 0 Å². The summed E-state index contributed by atoms with van der Waals surface area (Å²) >= 11 is 0. The van der Waals surface area contributed by atoms with Crippen molar-refractivity contribution in [2.24, 2.45) is 0 Å². The number of amides is 2. The highest BCUT2D eigenvalue weighted by molar-refractivity contribution is 5.81. The zero-order valence-electron chi connectivity index (χ0n) is 12.8. The number of nitrogens with zero attached hydrogens (tertiary/aromatic N) is 3. The average Bonchev–Trinajstić information content (AvgIpc) is 2.98. The monoisotopic (exact) mass is 335 g/mol. The smallest absolute Gasteiger partial charge is 0.407 e. The van der Waals surface area contributed by atoms with Gasteiger partial charge in [0.25, 0.3) is 5.88 Å². The maximum atomic E-state index is 11.3. The largest absolute Gasteiger partial charge is 0.475 e. The van der Waals surface area contributed by atoms with Crippen molar-refractivity contribution in [2.75, 3.05) is 26.2 Å². The lowest BCUT2D eigenvalue weighted by molar-refractivity contribution is 0.0559. The summed E-state index contributed by atoms with van der Waals surface area (Å²) in [5, 5.41) is 22.9. The molecule has 9 nitrogen and oxygen atoms in total. The van der Waals surface area contributed by atoms with Gasteiger partial charge in [-0.05, 0) is 17.3 Å². The highest BCUT2D eigenvalue weighted by Crippen LogP contribution is 2.24. The van der Waals surface area contributed by atoms with Crippen LogP contribution in [0.25, 0.3) is 11.0 Å². The van der Waals surface area contributed by atoms with Crippen LogP contribution in [0, 0.1) is 0 Å². The lowest BCUT2D eigenvalue weighted by Crippen LogP contribution is -2.56. The van der Waals surface area contributed by atoms with Crippen LogP contribution in [0.5, 0.6) is 5.88 Å². The van der Waals surface area contributed by atoms with E-state index in [9.17, 15) is 14.7 Å². The number of carbonyl (C=O) groups is 2. The predicted octanol–water partition coefficient (Wildman–Crippen LogP) is 1.94. The summed E-state index contributed by atoms with van der Waals surface area (Å²) in [5.74, 6) is 0.346. The second-order valence-electron chi connectivity index (χ2n) is 5.48. The van der Waals surface area contributed by atoms with E-state index in [1.54, 1.807) is 6.07 Å². The fourth-order valence-corrected chi connectivity index (χ4v) is 2.79. The number of hydrogen-bond acceptors (Lipinski definition) is 5. The molecule has 0 aliphatic carbocycles. The van der Waals surface area contributed by atoms with Crippen LogP contribution in [0.1, 0.15) is 6.42 Å². The van der Waals surface area contributed by atoms with Crippen LogP contribution in [0.3, 0.4) is 0 Å². The minimum Gasteiger partial charge on any atom is -0.475 e. The molecule has 0 bridgehead atoms. The lowest BCUT2D eigenvalue weighted by Gasteiger charge is -2.38. The van der Waals surface area contributed by atoms with Gasteiger partial charge >= 0.3 is 12.2 Å². The zero-order valence-corrected chi connectivity index (χ0v) is 12.8. The van der Waals surface area contributed by atoms with Crippen LogP contribution < -0.4 is 4.74 Å².